The Labute approximate surface area is 154 Å². The molecule has 5 heteroatoms. The highest BCUT2D eigenvalue weighted by Gasteiger charge is 2.21. The van der Waals surface area contributed by atoms with Crippen LogP contribution >= 0.6 is 0 Å². The van der Waals surface area contributed by atoms with E-state index in [1.54, 1.807) is 0 Å². The van der Waals surface area contributed by atoms with Crippen LogP contribution in [0, 0.1) is 0 Å². The third-order valence-corrected chi connectivity index (χ3v) is 4.63. The molecule has 0 saturated carbocycles. The van der Waals surface area contributed by atoms with E-state index >= 15 is 0 Å². The summed E-state index contributed by atoms with van der Waals surface area (Å²) in [6.07, 6.45) is 1.35. The number of rotatable bonds is 5. The first-order valence-electron chi connectivity index (χ1n) is 9.06. The molecule has 0 aromatic heterocycles. The lowest BCUT2D eigenvalue weighted by Gasteiger charge is -2.36. The molecule has 136 valence electrons. The highest BCUT2D eigenvalue weighted by molar-refractivity contribution is 5.89. The van der Waals surface area contributed by atoms with Crippen molar-refractivity contribution < 1.29 is 9.59 Å². The van der Waals surface area contributed by atoms with Crippen molar-refractivity contribution in [3.05, 3.63) is 60.2 Å². The van der Waals surface area contributed by atoms with E-state index in [4.69, 9.17) is 0 Å². The van der Waals surface area contributed by atoms with Gasteiger partial charge in [-0.15, -0.1) is 0 Å². The number of hydrogen-bond acceptors (Lipinski definition) is 3. The van der Waals surface area contributed by atoms with Crippen molar-refractivity contribution in [3.63, 3.8) is 0 Å². The Balaban J connectivity index is 1.51. The van der Waals surface area contributed by atoms with Crippen LogP contribution in [0.5, 0.6) is 0 Å². The van der Waals surface area contributed by atoms with Crippen molar-refractivity contribution in [2.24, 2.45) is 0 Å². The molecule has 0 atom stereocenters. The van der Waals surface area contributed by atoms with Gasteiger partial charge in [0.25, 0.3) is 0 Å². The molecular weight excluding hydrogens is 326 g/mol. The zero-order valence-corrected chi connectivity index (χ0v) is 15.1. The Hall–Kier alpha value is -2.82. The molecule has 1 fully saturated rings. The third kappa shape index (κ3) is 4.85. The van der Waals surface area contributed by atoms with Gasteiger partial charge in [-0.1, -0.05) is 36.4 Å². The largest absolute Gasteiger partial charge is 0.368 e. The second-order valence-corrected chi connectivity index (χ2v) is 6.58. The van der Waals surface area contributed by atoms with Crippen LogP contribution in [0.1, 0.15) is 18.9 Å². The third-order valence-electron chi connectivity index (χ3n) is 4.63. The van der Waals surface area contributed by atoms with Gasteiger partial charge < -0.3 is 15.1 Å². The van der Waals surface area contributed by atoms with Gasteiger partial charge in [-0.2, -0.15) is 0 Å². The highest BCUT2D eigenvalue weighted by Crippen LogP contribution is 2.21. The van der Waals surface area contributed by atoms with Gasteiger partial charge in [0, 0.05) is 50.9 Å². The van der Waals surface area contributed by atoms with Crippen LogP contribution in [0.4, 0.5) is 11.4 Å². The van der Waals surface area contributed by atoms with Crippen LogP contribution in [0.2, 0.25) is 0 Å². The number of piperazine rings is 1. The van der Waals surface area contributed by atoms with Gasteiger partial charge in [0.05, 0.1) is 0 Å². The van der Waals surface area contributed by atoms with Gasteiger partial charge in [-0.3, -0.25) is 9.59 Å². The average molecular weight is 351 g/mol. The van der Waals surface area contributed by atoms with Crippen LogP contribution < -0.4 is 10.2 Å². The minimum atomic E-state index is -0.0732. The van der Waals surface area contributed by atoms with Gasteiger partial charge in [0.15, 0.2) is 0 Å². The van der Waals surface area contributed by atoms with Gasteiger partial charge >= 0.3 is 0 Å². The number of hydrogen-bond donors (Lipinski definition) is 1. The quantitative estimate of drug-likeness (QED) is 0.901. The smallest absolute Gasteiger partial charge is 0.223 e. The fourth-order valence-corrected chi connectivity index (χ4v) is 3.25. The van der Waals surface area contributed by atoms with Crippen LogP contribution in [-0.4, -0.2) is 42.9 Å². The highest BCUT2D eigenvalue weighted by atomic mass is 16.2. The molecule has 1 heterocycles. The number of nitrogens with one attached hydrogen (secondary N) is 1. The molecule has 2 aromatic rings. The molecule has 0 bridgehead atoms. The summed E-state index contributed by atoms with van der Waals surface area (Å²) in [4.78, 5) is 27.9. The van der Waals surface area contributed by atoms with E-state index in [-0.39, 0.29) is 11.8 Å². The Morgan fingerprint density at radius 3 is 2.38 bits per heavy atom. The number of anilines is 2. The zero-order chi connectivity index (χ0) is 18.4. The molecule has 1 aliphatic rings. The molecular formula is C21H25N3O2. The summed E-state index contributed by atoms with van der Waals surface area (Å²) in [5.41, 5.74) is 3.08. The normalized spacial score (nSPS) is 14.2. The van der Waals surface area contributed by atoms with E-state index in [2.05, 4.69) is 22.3 Å². The van der Waals surface area contributed by atoms with Crippen molar-refractivity contribution in [2.75, 3.05) is 36.4 Å². The lowest BCUT2D eigenvalue weighted by molar-refractivity contribution is -0.131. The van der Waals surface area contributed by atoms with Crippen molar-refractivity contribution in [1.29, 1.82) is 0 Å². The number of benzene rings is 2. The second kappa shape index (κ2) is 8.52. The molecule has 2 amide bonds. The first-order chi connectivity index (χ1) is 12.6. The van der Waals surface area contributed by atoms with Crippen LogP contribution in [-0.2, 0) is 16.0 Å². The summed E-state index contributed by atoms with van der Waals surface area (Å²) in [6, 6.07) is 18.0. The fourth-order valence-electron chi connectivity index (χ4n) is 3.25. The maximum atomic E-state index is 12.4. The van der Waals surface area contributed by atoms with Crippen molar-refractivity contribution >= 4 is 23.2 Å². The number of carbonyl (C=O) groups excluding carboxylic acids is 2. The molecule has 1 saturated heterocycles. The first-order valence-corrected chi connectivity index (χ1v) is 9.06. The topological polar surface area (TPSA) is 52.7 Å². The van der Waals surface area contributed by atoms with Crippen molar-refractivity contribution in [3.8, 4) is 0 Å². The van der Waals surface area contributed by atoms with Crippen LogP contribution in [0.25, 0.3) is 0 Å². The first kappa shape index (κ1) is 18.0. The number of carbonyl (C=O) groups is 2. The van der Waals surface area contributed by atoms with E-state index in [1.807, 2.05) is 47.4 Å². The lowest BCUT2D eigenvalue weighted by atomic mass is 10.1. The molecule has 1 N–H and O–H groups in total. The summed E-state index contributed by atoms with van der Waals surface area (Å²) in [5.74, 6) is 0.150. The minimum Gasteiger partial charge on any atom is -0.368 e. The molecule has 0 unspecified atom stereocenters. The lowest BCUT2D eigenvalue weighted by Crippen LogP contribution is -2.48. The zero-order valence-electron chi connectivity index (χ0n) is 15.1. The Morgan fingerprint density at radius 1 is 0.962 bits per heavy atom. The van der Waals surface area contributed by atoms with Crippen LogP contribution in [0.3, 0.4) is 0 Å². The molecule has 26 heavy (non-hydrogen) atoms. The predicted molar refractivity (Wildman–Crippen MR) is 104 cm³/mol. The predicted octanol–water partition coefficient (Wildman–Crippen LogP) is 2.93. The number of nitrogens with zero attached hydrogens (tertiary/aromatic N) is 2. The van der Waals surface area contributed by atoms with Gasteiger partial charge in [-0.05, 0) is 30.2 Å². The summed E-state index contributed by atoms with van der Waals surface area (Å²) < 4.78 is 0. The minimum absolute atomic E-state index is 0.0732. The van der Waals surface area contributed by atoms with E-state index < -0.39 is 0 Å². The standard InChI is InChI=1S/C21H25N3O2/c1-17(25)22-19-8-5-9-20(16-19)23-12-14-24(15-13-23)21(26)11-10-18-6-3-2-4-7-18/h2-9,16H,10-15H2,1H3,(H,22,25). The summed E-state index contributed by atoms with van der Waals surface area (Å²) in [6.45, 7) is 4.59. The molecule has 0 spiro atoms. The van der Waals surface area contributed by atoms with E-state index in [9.17, 15) is 9.59 Å². The average Bonchev–Trinajstić information content (AvgIpc) is 2.67. The van der Waals surface area contributed by atoms with E-state index in [0.717, 1.165) is 44.0 Å². The van der Waals surface area contributed by atoms with Gasteiger partial charge in [0.2, 0.25) is 11.8 Å². The molecule has 2 aromatic carbocycles. The molecule has 5 nitrogen and oxygen atoms in total. The molecule has 1 aliphatic heterocycles. The Kier molecular flexibility index (Phi) is 5.89. The summed E-state index contributed by atoms with van der Waals surface area (Å²) in [7, 11) is 0. The molecule has 0 aliphatic carbocycles. The summed E-state index contributed by atoms with van der Waals surface area (Å²) >= 11 is 0. The maximum absolute atomic E-state index is 12.4. The molecule has 0 radical (unpaired) electrons. The summed E-state index contributed by atoms with van der Waals surface area (Å²) in [5, 5.41) is 2.81. The van der Waals surface area contributed by atoms with E-state index in [1.165, 1.54) is 12.5 Å². The van der Waals surface area contributed by atoms with Crippen molar-refractivity contribution in [2.45, 2.75) is 19.8 Å². The van der Waals surface area contributed by atoms with Gasteiger partial charge in [0.1, 0.15) is 0 Å². The Morgan fingerprint density at radius 2 is 1.69 bits per heavy atom. The van der Waals surface area contributed by atoms with Crippen molar-refractivity contribution in [1.82, 2.24) is 4.90 Å². The SMILES string of the molecule is CC(=O)Nc1cccc(N2CCN(C(=O)CCc3ccccc3)CC2)c1. The van der Waals surface area contributed by atoms with E-state index in [0.29, 0.717) is 6.42 Å². The maximum Gasteiger partial charge on any atom is 0.223 e. The molecule has 3 rings (SSSR count). The second-order valence-electron chi connectivity index (χ2n) is 6.58. The van der Waals surface area contributed by atoms with Crippen LogP contribution in [0.15, 0.2) is 54.6 Å². The monoisotopic (exact) mass is 351 g/mol. The fraction of sp³-hybridized carbons (Fsp3) is 0.333. The van der Waals surface area contributed by atoms with Gasteiger partial charge in [-0.25, -0.2) is 0 Å². The Bertz CT molecular complexity index is 753. The number of amides is 2. The number of aryl methyl sites for hydroxylation is 1.